The molecule has 0 aliphatic carbocycles. The summed E-state index contributed by atoms with van der Waals surface area (Å²) in [5.74, 6) is -0.954. The first kappa shape index (κ1) is 13.3. The fourth-order valence-electron chi connectivity index (χ4n) is 2.22. The van der Waals surface area contributed by atoms with E-state index in [0.717, 1.165) is 11.4 Å². The second-order valence-corrected chi connectivity index (χ2v) is 5.91. The highest BCUT2D eigenvalue weighted by molar-refractivity contribution is 7.15. The van der Waals surface area contributed by atoms with Gasteiger partial charge in [0.1, 0.15) is 0 Å². The van der Waals surface area contributed by atoms with Crippen molar-refractivity contribution in [2.24, 2.45) is 0 Å². The van der Waals surface area contributed by atoms with Gasteiger partial charge in [-0.15, -0.1) is 11.3 Å². The van der Waals surface area contributed by atoms with Crippen LogP contribution in [0, 0.1) is 6.92 Å². The van der Waals surface area contributed by atoms with Crippen LogP contribution >= 0.6 is 11.3 Å². The molecule has 0 saturated carbocycles. The average molecular weight is 269 g/mol. The SMILES string of the molecule is Cc1sc(NCC(C)N2CCCC2)nc1C(=O)O. The van der Waals surface area contributed by atoms with Gasteiger partial charge < -0.3 is 10.4 Å². The summed E-state index contributed by atoms with van der Waals surface area (Å²) in [6, 6.07) is 0.463. The highest BCUT2D eigenvalue weighted by atomic mass is 32.1. The predicted octanol–water partition coefficient (Wildman–Crippen LogP) is 2.05. The minimum Gasteiger partial charge on any atom is -0.476 e. The summed E-state index contributed by atoms with van der Waals surface area (Å²) in [7, 11) is 0. The first-order chi connectivity index (χ1) is 8.58. The van der Waals surface area contributed by atoms with E-state index in [0.29, 0.717) is 11.2 Å². The Labute approximate surface area is 111 Å². The Morgan fingerprint density at radius 1 is 1.56 bits per heavy atom. The molecule has 100 valence electrons. The minimum absolute atomic E-state index is 0.163. The molecule has 18 heavy (non-hydrogen) atoms. The maximum Gasteiger partial charge on any atom is 0.355 e. The number of aryl methyl sites for hydroxylation is 1. The molecule has 1 aliphatic heterocycles. The Hall–Kier alpha value is -1.14. The minimum atomic E-state index is -0.954. The van der Waals surface area contributed by atoms with E-state index in [-0.39, 0.29) is 5.69 Å². The maximum atomic E-state index is 10.9. The molecule has 2 N–H and O–H groups in total. The fraction of sp³-hybridized carbons (Fsp3) is 0.667. The molecule has 6 heteroatoms. The average Bonchev–Trinajstić information content (AvgIpc) is 2.94. The van der Waals surface area contributed by atoms with Crippen LogP contribution in [-0.2, 0) is 0 Å². The van der Waals surface area contributed by atoms with Crippen LogP contribution in [-0.4, -0.2) is 46.6 Å². The molecule has 2 heterocycles. The van der Waals surface area contributed by atoms with Gasteiger partial charge in [-0.25, -0.2) is 9.78 Å². The lowest BCUT2D eigenvalue weighted by atomic mass is 10.3. The van der Waals surface area contributed by atoms with Gasteiger partial charge in [-0.05, 0) is 39.8 Å². The molecule has 0 amide bonds. The van der Waals surface area contributed by atoms with Gasteiger partial charge >= 0.3 is 5.97 Å². The summed E-state index contributed by atoms with van der Waals surface area (Å²) < 4.78 is 0. The Kier molecular flexibility index (Phi) is 4.19. The summed E-state index contributed by atoms with van der Waals surface area (Å²) in [6.07, 6.45) is 2.56. The third-order valence-corrected chi connectivity index (χ3v) is 4.24. The quantitative estimate of drug-likeness (QED) is 0.856. The number of carboxylic acids is 1. The molecule has 0 bridgehead atoms. The van der Waals surface area contributed by atoms with Crippen LogP contribution in [0.25, 0.3) is 0 Å². The molecule has 1 fully saturated rings. The summed E-state index contributed by atoms with van der Waals surface area (Å²) in [5, 5.41) is 12.9. The van der Waals surface area contributed by atoms with Crippen molar-refractivity contribution in [3.63, 3.8) is 0 Å². The zero-order valence-corrected chi connectivity index (χ0v) is 11.6. The molecule has 1 saturated heterocycles. The molecular weight excluding hydrogens is 250 g/mol. The van der Waals surface area contributed by atoms with Crippen LogP contribution in [0.1, 0.15) is 35.1 Å². The molecule has 1 aromatic heterocycles. The van der Waals surface area contributed by atoms with Crippen molar-refractivity contribution in [1.82, 2.24) is 9.88 Å². The largest absolute Gasteiger partial charge is 0.476 e. The number of carbonyl (C=O) groups is 1. The summed E-state index contributed by atoms with van der Waals surface area (Å²) in [6.45, 7) is 7.12. The van der Waals surface area contributed by atoms with Crippen molar-refractivity contribution in [2.75, 3.05) is 25.0 Å². The molecule has 2 rings (SSSR count). The number of rotatable bonds is 5. The van der Waals surface area contributed by atoms with Gasteiger partial charge in [-0.2, -0.15) is 0 Å². The van der Waals surface area contributed by atoms with E-state index in [4.69, 9.17) is 5.11 Å². The zero-order chi connectivity index (χ0) is 13.1. The van der Waals surface area contributed by atoms with Crippen LogP contribution < -0.4 is 5.32 Å². The summed E-state index contributed by atoms with van der Waals surface area (Å²) in [4.78, 5) is 18.2. The zero-order valence-electron chi connectivity index (χ0n) is 10.8. The number of hydrogen-bond donors (Lipinski definition) is 2. The van der Waals surface area contributed by atoms with Crippen molar-refractivity contribution >= 4 is 22.4 Å². The van der Waals surface area contributed by atoms with Gasteiger partial charge in [0.05, 0.1) is 0 Å². The number of nitrogens with zero attached hydrogens (tertiary/aromatic N) is 2. The first-order valence-corrected chi connectivity index (χ1v) is 7.08. The standard InChI is InChI=1S/C12H19N3O2S/c1-8(15-5-3-4-6-15)7-13-12-14-10(11(16)17)9(2)18-12/h8H,3-7H2,1-2H3,(H,13,14)(H,16,17). The van der Waals surface area contributed by atoms with Crippen LogP contribution in [0.4, 0.5) is 5.13 Å². The van der Waals surface area contributed by atoms with E-state index in [9.17, 15) is 4.79 Å². The number of likely N-dealkylation sites (tertiary alicyclic amines) is 1. The fourth-order valence-corrected chi connectivity index (χ4v) is 3.03. The van der Waals surface area contributed by atoms with Crippen LogP contribution in [0.3, 0.4) is 0 Å². The summed E-state index contributed by atoms with van der Waals surface area (Å²) >= 11 is 1.41. The van der Waals surface area contributed by atoms with E-state index < -0.39 is 5.97 Å². The third kappa shape index (κ3) is 3.00. The number of nitrogens with one attached hydrogen (secondary N) is 1. The monoisotopic (exact) mass is 269 g/mol. The molecule has 0 radical (unpaired) electrons. The van der Waals surface area contributed by atoms with Crippen molar-refractivity contribution in [1.29, 1.82) is 0 Å². The third-order valence-electron chi connectivity index (χ3n) is 3.31. The van der Waals surface area contributed by atoms with Gasteiger partial charge in [-0.1, -0.05) is 0 Å². The molecule has 1 atom stereocenters. The second-order valence-electron chi connectivity index (χ2n) is 4.70. The molecule has 1 unspecified atom stereocenters. The molecule has 1 aromatic rings. The lowest BCUT2D eigenvalue weighted by Gasteiger charge is -2.23. The Balaban J connectivity index is 1.89. The van der Waals surface area contributed by atoms with E-state index >= 15 is 0 Å². The van der Waals surface area contributed by atoms with Crippen molar-refractivity contribution in [2.45, 2.75) is 32.7 Å². The van der Waals surface area contributed by atoms with E-state index in [1.165, 1.54) is 37.3 Å². The van der Waals surface area contributed by atoms with Gasteiger partial charge in [0.2, 0.25) is 0 Å². The molecule has 5 nitrogen and oxygen atoms in total. The van der Waals surface area contributed by atoms with Gasteiger partial charge in [0, 0.05) is 17.5 Å². The second kappa shape index (κ2) is 5.67. The Morgan fingerprint density at radius 3 is 2.78 bits per heavy atom. The van der Waals surface area contributed by atoms with E-state index in [1.807, 2.05) is 0 Å². The molecule has 1 aliphatic rings. The Bertz CT molecular complexity index is 427. The number of thiazole rings is 1. The Morgan fingerprint density at radius 2 is 2.22 bits per heavy atom. The van der Waals surface area contributed by atoms with Gasteiger partial charge in [0.15, 0.2) is 10.8 Å². The van der Waals surface area contributed by atoms with E-state index in [1.54, 1.807) is 6.92 Å². The highest BCUT2D eigenvalue weighted by Gasteiger charge is 2.19. The van der Waals surface area contributed by atoms with E-state index in [2.05, 4.69) is 22.1 Å². The van der Waals surface area contributed by atoms with Crippen molar-refractivity contribution in [3.05, 3.63) is 10.6 Å². The van der Waals surface area contributed by atoms with Crippen molar-refractivity contribution in [3.8, 4) is 0 Å². The van der Waals surface area contributed by atoms with Gasteiger partial charge in [0.25, 0.3) is 0 Å². The molecule has 0 aromatic carbocycles. The van der Waals surface area contributed by atoms with Crippen LogP contribution in [0.5, 0.6) is 0 Å². The maximum absolute atomic E-state index is 10.9. The summed E-state index contributed by atoms with van der Waals surface area (Å²) in [5.41, 5.74) is 0.163. The van der Waals surface area contributed by atoms with Gasteiger partial charge in [-0.3, -0.25) is 4.90 Å². The lowest BCUT2D eigenvalue weighted by molar-refractivity contribution is 0.0690. The molecule has 0 spiro atoms. The van der Waals surface area contributed by atoms with Crippen molar-refractivity contribution < 1.29 is 9.90 Å². The first-order valence-electron chi connectivity index (χ1n) is 6.26. The highest BCUT2D eigenvalue weighted by Crippen LogP contribution is 2.22. The number of aromatic carboxylic acids is 1. The number of anilines is 1. The smallest absolute Gasteiger partial charge is 0.355 e. The number of aromatic nitrogens is 1. The number of carboxylic acid groups (broad SMARTS) is 1. The topological polar surface area (TPSA) is 65.5 Å². The van der Waals surface area contributed by atoms with Crippen LogP contribution in [0.2, 0.25) is 0 Å². The normalized spacial score (nSPS) is 17.9. The number of hydrogen-bond acceptors (Lipinski definition) is 5. The predicted molar refractivity (Wildman–Crippen MR) is 72.6 cm³/mol. The molecular formula is C12H19N3O2S. The van der Waals surface area contributed by atoms with Crippen LogP contribution in [0.15, 0.2) is 0 Å². The lowest BCUT2D eigenvalue weighted by Crippen LogP contribution is -2.35.